The maximum atomic E-state index is 13.1. The summed E-state index contributed by atoms with van der Waals surface area (Å²) < 4.78 is 1.67. The lowest BCUT2D eigenvalue weighted by molar-refractivity contribution is -0.116. The molecule has 178 valence electrons. The minimum atomic E-state index is -0.292. The van der Waals surface area contributed by atoms with E-state index in [-0.39, 0.29) is 18.4 Å². The number of carbonyl (C=O) groups excluding carboxylic acids is 2. The van der Waals surface area contributed by atoms with Crippen molar-refractivity contribution in [2.45, 2.75) is 19.8 Å². The first-order valence-electron chi connectivity index (χ1n) is 11.6. The summed E-state index contributed by atoms with van der Waals surface area (Å²) in [6.07, 6.45) is 1.73. The smallest absolute Gasteiger partial charge is 0.254 e. The molecule has 0 aliphatic heterocycles. The van der Waals surface area contributed by atoms with Crippen molar-refractivity contribution >= 4 is 29.2 Å². The number of aromatic nitrogens is 2. The second-order valence-electron chi connectivity index (χ2n) is 8.16. The molecule has 0 spiro atoms. The van der Waals surface area contributed by atoms with E-state index in [2.05, 4.69) is 12.2 Å². The van der Waals surface area contributed by atoms with Gasteiger partial charge in [0, 0.05) is 28.8 Å². The fourth-order valence-electron chi connectivity index (χ4n) is 3.72. The molecule has 7 heteroatoms. The monoisotopic (exact) mass is 486 g/mol. The Balaban J connectivity index is 1.59. The number of nitrogens with zero attached hydrogens (tertiary/aromatic N) is 3. The van der Waals surface area contributed by atoms with E-state index >= 15 is 0 Å². The molecule has 3 aromatic carbocycles. The molecule has 4 aromatic rings. The number of carbonyl (C=O) groups is 2. The lowest BCUT2D eigenvalue weighted by atomic mass is 10.1. The molecule has 1 heterocycles. The van der Waals surface area contributed by atoms with E-state index in [0.717, 1.165) is 29.8 Å². The van der Waals surface area contributed by atoms with E-state index in [1.54, 1.807) is 33.8 Å². The highest BCUT2D eigenvalue weighted by molar-refractivity contribution is 6.30. The normalized spacial score (nSPS) is 10.7. The van der Waals surface area contributed by atoms with Crippen LogP contribution >= 0.6 is 11.6 Å². The maximum absolute atomic E-state index is 13.1. The van der Waals surface area contributed by atoms with Crippen LogP contribution in [-0.4, -0.2) is 39.6 Å². The van der Waals surface area contributed by atoms with Crippen molar-refractivity contribution < 1.29 is 9.59 Å². The van der Waals surface area contributed by atoms with Crippen molar-refractivity contribution in [2.75, 3.05) is 18.4 Å². The van der Waals surface area contributed by atoms with Crippen molar-refractivity contribution in [1.82, 2.24) is 14.7 Å². The number of nitrogens with one attached hydrogen (secondary N) is 1. The third-order valence-corrected chi connectivity index (χ3v) is 5.79. The topological polar surface area (TPSA) is 67.2 Å². The van der Waals surface area contributed by atoms with Crippen LogP contribution in [0.1, 0.15) is 30.1 Å². The number of amides is 2. The molecule has 6 nitrogen and oxygen atoms in total. The molecule has 0 radical (unpaired) electrons. The Morgan fingerprint density at radius 2 is 1.60 bits per heavy atom. The number of benzene rings is 3. The summed E-state index contributed by atoms with van der Waals surface area (Å²) in [5.41, 5.74) is 2.97. The Morgan fingerprint density at radius 1 is 0.943 bits per heavy atom. The summed E-state index contributed by atoms with van der Waals surface area (Å²) in [6, 6.07) is 27.8. The Kier molecular flexibility index (Phi) is 7.95. The van der Waals surface area contributed by atoms with Crippen LogP contribution in [0.3, 0.4) is 0 Å². The molecule has 0 atom stereocenters. The van der Waals surface area contributed by atoms with Gasteiger partial charge in [-0.05, 0) is 42.8 Å². The lowest BCUT2D eigenvalue weighted by Crippen LogP contribution is -2.38. The van der Waals surface area contributed by atoms with Crippen LogP contribution in [0.15, 0.2) is 91.0 Å². The van der Waals surface area contributed by atoms with E-state index in [0.29, 0.717) is 22.9 Å². The number of halogens is 1. The third-order valence-electron chi connectivity index (χ3n) is 5.54. The van der Waals surface area contributed by atoms with E-state index in [1.165, 1.54) is 0 Å². The first-order valence-corrected chi connectivity index (χ1v) is 12.0. The molecule has 0 fully saturated rings. The minimum Gasteiger partial charge on any atom is -0.329 e. The number of rotatable bonds is 9. The second kappa shape index (κ2) is 11.5. The summed E-state index contributed by atoms with van der Waals surface area (Å²) in [4.78, 5) is 27.8. The number of unbranched alkanes of at least 4 members (excludes halogenated alkanes) is 1. The van der Waals surface area contributed by atoms with E-state index in [1.807, 2.05) is 66.7 Å². The summed E-state index contributed by atoms with van der Waals surface area (Å²) in [7, 11) is 0. The molecule has 2 amide bonds. The summed E-state index contributed by atoms with van der Waals surface area (Å²) in [5.74, 6) is 0.0595. The van der Waals surface area contributed by atoms with Gasteiger partial charge in [0.1, 0.15) is 12.4 Å². The first-order chi connectivity index (χ1) is 17.0. The number of anilines is 1. The average molecular weight is 487 g/mol. The van der Waals surface area contributed by atoms with Gasteiger partial charge >= 0.3 is 0 Å². The zero-order chi connectivity index (χ0) is 24.6. The van der Waals surface area contributed by atoms with Crippen LogP contribution in [0.4, 0.5) is 5.82 Å². The molecule has 0 saturated carbocycles. The molecule has 0 unspecified atom stereocenters. The molecule has 4 rings (SSSR count). The largest absolute Gasteiger partial charge is 0.329 e. The van der Waals surface area contributed by atoms with Gasteiger partial charge in [-0.2, -0.15) is 5.10 Å². The Bertz CT molecular complexity index is 1270. The predicted molar refractivity (Wildman–Crippen MR) is 140 cm³/mol. The van der Waals surface area contributed by atoms with Gasteiger partial charge in [0.2, 0.25) is 5.91 Å². The minimum absolute atomic E-state index is 0.0554. The van der Waals surface area contributed by atoms with Crippen LogP contribution in [0.5, 0.6) is 0 Å². The predicted octanol–water partition coefficient (Wildman–Crippen LogP) is 6.07. The quantitative estimate of drug-likeness (QED) is 0.312. The molecule has 0 aliphatic carbocycles. The first kappa shape index (κ1) is 24.2. The lowest BCUT2D eigenvalue weighted by Gasteiger charge is -2.22. The van der Waals surface area contributed by atoms with Gasteiger partial charge in [-0.1, -0.05) is 73.5 Å². The van der Waals surface area contributed by atoms with E-state index < -0.39 is 0 Å². The third kappa shape index (κ3) is 6.16. The molecule has 1 aromatic heterocycles. The van der Waals surface area contributed by atoms with E-state index in [9.17, 15) is 9.59 Å². The zero-order valence-corrected chi connectivity index (χ0v) is 20.3. The number of hydrogen-bond donors (Lipinski definition) is 1. The van der Waals surface area contributed by atoms with Gasteiger partial charge in [-0.15, -0.1) is 0 Å². The van der Waals surface area contributed by atoms with Crippen molar-refractivity contribution in [3.05, 3.63) is 102 Å². The highest BCUT2D eigenvalue weighted by atomic mass is 35.5. The van der Waals surface area contributed by atoms with Crippen LogP contribution in [-0.2, 0) is 4.79 Å². The van der Waals surface area contributed by atoms with Gasteiger partial charge in [0.25, 0.3) is 5.91 Å². The molecular formula is C28H27ClN4O2. The van der Waals surface area contributed by atoms with Crippen molar-refractivity contribution in [1.29, 1.82) is 0 Å². The second-order valence-corrected chi connectivity index (χ2v) is 8.60. The van der Waals surface area contributed by atoms with Crippen LogP contribution < -0.4 is 5.32 Å². The molecular weight excluding hydrogens is 460 g/mol. The van der Waals surface area contributed by atoms with E-state index in [4.69, 9.17) is 16.7 Å². The Labute approximate surface area is 210 Å². The highest BCUT2D eigenvalue weighted by Gasteiger charge is 2.20. The fourth-order valence-corrected chi connectivity index (χ4v) is 3.85. The van der Waals surface area contributed by atoms with Crippen LogP contribution in [0, 0.1) is 0 Å². The summed E-state index contributed by atoms with van der Waals surface area (Å²) in [5, 5.41) is 8.30. The molecule has 0 aliphatic rings. The van der Waals surface area contributed by atoms with Crippen molar-refractivity contribution in [2.24, 2.45) is 0 Å². The fraction of sp³-hybridized carbons (Fsp3) is 0.179. The van der Waals surface area contributed by atoms with Crippen molar-refractivity contribution in [3.63, 3.8) is 0 Å². The Morgan fingerprint density at radius 3 is 2.26 bits per heavy atom. The van der Waals surface area contributed by atoms with Gasteiger partial charge in [-0.3, -0.25) is 9.59 Å². The summed E-state index contributed by atoms with van der Waals surface area (Å²) in [6.45, 7) is 2.50. The molecule has 0 saturated heterocycles. The maximum Gasteiger partial charge on any atom is 0.254 e. The van der Waals surface area contributed by atoms with Crippen molar-refractivity contribution in [3.8, 4) is 16.9 Å². The average Bonchev–Trinajstić information content (AvgIpc) is 3.31. The summed E-state index contributed by atoms with van der Waals surface area (Å²) >= 11 is 6.07. The number of hydrogen-bond acceptors (Lipinski definition) is 3. The van der Waals surface area contributed by atoms with Gasteiger partial charge in [0.05, 0.1) is 11.4 Å². The van der Waals surface area contributed by atoms with Gasteiger partial charge in [-0.25, -0.2) is 4.68 Å². The molecule has 0 bridgehead atoms. The van der Waals surface area contributed by atoms with Crippen LogP contribution in [0.25, 0.3) is 16.9 Å². The van der Waals surface area contributed by atoms with Gasteiger partial charge in [0.15, 0.2) is 0 Å². The highest BCUT2D eigenvalue weighted by Crippen LogP contribution is 2.25. The molecule has 1 N–H and O–H groups in total. The zero-order valence-electron chi connectivity index (χ0n) is 19.5. The SMILES string of the molecule is CCCCN(CC(=O)Nc1cc(-c2ccccc2)nn1-c1ccc(Cl)cc1)C(=O)c1ccccc1. The van der Waals surface area contributed by atoms with Crippen LogP contribution in [0.2, 0.25) is 5.02 Å². The van der Waals surface area contributed by atoms with Gasteiger partial charge < -0.3 is 10.2 Å². The Hall–Kier alpha value is -3.90. The molecule has 35 heavy (non-hydrogen) atoms. The standard InChI is InChI=1S/C28H27ClN4O2/c1-2-3-18-32(28(35)22-12-8-5-9-13-22)20-27(34)30-26-19-25(21-10-6-4-7-11-21)31-33(26)24-16-14-23(29)15-17-24/h4-17,19H,2-3,18,20H2,1H3,(H,30,34).